The Bertz CT molecular complexity index is 1210. The first-order valence-corrected chi connectivity index (χ1v) is 12.2. The van der Waals surface area contributed by atoms with Crippen LogP contribution < -0.4 is 19.5 Å². The van der Waals surface area contributed by atoms with Crippen molar-refractivity contribution in [1.82, 2.24) is 10.2 Å². The van der Waals surface area contributed by atoms with E-state index in [1.165, 1.54) is 24.5 Å². The van der Waals surface area contributed by atoms with Gasteiger partial charge >= 0.3 is 0 Å². The Hall–Kier alpha value is -3.61. The molecule has 0 radical (unpaired) electrons. The second-order valence-electron chi connectivity index (χ2n) is 7.27. The first kappa shape index (κ1) is 26.0. The maximum atomic E-state index is 12.6. The first-order valence-electron chi connectivity index (χ1n) is 11.0. The number of nitriles is 1. The predicted octanol–water partition coefficient (Wildman–Crippen LogP) is 5.55. The van der Waals surface area contributed by atoms with Crippen LogP contribution in [0.5, 0.6) is 17.2 Å². The molecule has 2 aromatic carbocycles. The average Bonchev–Trinajstić information content (AvgIpc) is 3.32. The Morgan fingerprint density at radius 1 is 1.20 bits per heavy atom. The van der Waals surface area contributed by atoms with E-state index in [9.17, 15) is 10.1 Å². The molecule has 0 aliphatic carbocycles. The molecule has 0 saturated carbocycles. The molecule has 3 aromatic rings. The number of halogens is 1. The molecule has 1 heterocycles. The third kappa shape index (κ3) is 7.70. The van der Waals surface area contributed by atoms with Crippen LogP contribution in [0.1, 0.15) is 30.3 Å². The molecule has 1 aromatic heterocycles. The van der Waals surface area contributed by atoms with E-state index in [2.05, 4.69) is 22.4 Å². The lowest BCUT2D eigenvalue weighted by Gasteiger charge is -2.14. The number of aryl methyl sites for hydroxylation is 1. The number of rotatable bonds is 12. The Morgan fingerprint density at radius 3 is 2.69 bits per heavy atom. The van der Waals surface area contributed by atoms with Crippen LogP contribution in [0.25, 0.3) is 6.08 Å². The molecular weight excluding hydrogens is 488 g/mol. The number of amides is 1. The summed E-state index contributed by atoms with van der Waals surface area (Å²) in [7, 11) is 1.48. The minimum Gasteiger partial charge on any atom is -0.493 e. The van der Waals surface area contributed by atoms with Gasteiger partial charge in [0.25, 0.3) is 5.91 Å². The van der Waals surface area contributed by atoms with Gasteiger partial charge in [0.15, 0.2) is 11.5 Å². The molecule has 0 aliphatic rings. The first-order chi connectivity index (χ1) is 17.0. The smallest absolute Gasteiger partial charge is 0.268 e. The minimum absolute atomic E-state index is 0.113. The Balaban J connectivity index is 1.66. The van der Waals surface area contributed by atoms with E-state index in [1.807, 2.05) is 36.4 Å². The second-order valence-corrected chi connectivity index (χ2v) is 8.74. The highest BCUT2D eigenvalue weighted by atomic mass is 35.5. The molecule has 0 spiro atoms. The quantitative estimate of drug-likeness (QED) is 0.193. The van der Waals surface area contributed by atoms with Gasteiger partial charge in [0.05, 0.1) is 12.1 Å². The summed E-state index contributed by atoms with van der Waals surface area (Å²) in [6, 6.07) is 14.5. The van der Waals surface area contributed by atoms with Crippen LogP contribution in [-0.2, 0) is 11.2 Å². The van der Waals surface area contributed by atoms with Gasteiger partial charge in [-0.15, -0.1) is 10.2 Å². The molecule has 1 amide bonds. The molecule has 0 aliphatic heterocycles. The van der Waals surface area contributed by atoms with Crippen LogP contribution in [0.15, 0.2) is 48.0 Å². The highest BCUT2D eigenvalue weighted by molar-refractivity contribution is 7.15. The molecule has 1 N–H and O–H groups in total. The fourth-order valence-corrected chi connectivity index (χ4v) is 4.05. The Kier molecular flexibility index (Phi) is 9.90. The van der Waals surface area contributed by atoms with Crippen LogP contribution in [0.3, 0.4) is 0 Å². The number of ether oxygens (including phenoxy) is 3. The van der Waals surface area contributed by atoms with Crippen molar-refractivity contribution < 1.29 is 19.0 Å². The van der Waals surface area contributed by atoms with E-state index < -0.39 is 5.91 Å². The third-order valence-electron chi connectivity index (χ3n) is 4.70. The Labute approximate surface area is 213 Å². The van der Waals surface area contributed by atoms with Crippen molar-refractivity contribution in [2.75, 3.05) is 25.6 Å². The molecule has 0 fully saturated rings. The molecule has 0 unspecified atom stereocenters. The fourth-order valence-electron chi connectivity index (χ4n) is 3.00. The van der Waals surface area contributed by atoms with Crippen LogP contribution in [0, 0.1) is 11.3 Å². The molecule has 35 heavy (non-hydrogen) atoms. The van der Waals surface area contributed by atoms with Crippen LogP contribution >= 0.6 is 22.9 Å². The van der Waals surface area contributed by atoms with Crippen molar-refractivity contribution in [2.24, 2.45) is 0 Å². The highest BCUT2D eigenvalue weighted by Crippen LogP contribution is 2.37. The number of aromatic nitrogens is 2. The number of nitrogens with zero attached hydrogens (tertiary/aromatic N) is 3. The predicted molar refractivity (Wildman–Crippen MR) is 136 cm³/mol. The molecule has 0 saturated heterocycles. The van der Waals surface area contributed by atoms with Gasteiger partial charge in [-0.05, 0) is 42.3 Å². The van der Waals surface area contributed by atoms with Crippen molar-refractivity contribution in [3.63, 3.8) is 0 Å². The minimum atomic E-state index is -0.584. The summed E-state index contributed by atoms with van der Waals surface area (Å²) in [5.41, 5.74) is 0.394. The van der Waals surface area contributed by atoms with Crippen LogP contribution in [0.4, 0.5) is 5.13 Å². The molecule has 3 rings (SSSR count). The average molecular weight is 513 g/mol. The summed E-state index contributed by atoms with van der Waals surface area (Å²) in [6.45, 7) is 2.65. The SMILES string of the molecule is CCCCc1nnc(NC(=O)C(C#N)=Cc2cc(Cl)c(OCCOc3ccccc3)c(OC)c2)s1. The van der Waals surface area contributed by atoms with Crippen LogP contribution in [-0.4, -0.2) is 36.4 Å². The summed E-state index contributed by atoms with van der Waals surface area (Å²) in [5, 5.41) is 21.7. The van der Waals surface area contributed by atoms with Gasteiger partial charge in [-0.2, -0.15) is 5.26 Å². The maximum absolute atomic E-state index is 12.6. The van der Waals surface area contributed by atoms with Gasteiger partial charge in [0.2, 0.25) is 5.13 Å². The second kappa shape index (κ2) is 13.3. The number of unbranched alkanes of at least 4 members (excludes halogenated alkanes) is 1. The van der Waals surface area contributed by atoms with E-state index in [-0.39, 0.29) is 17.2 Å². The fraction of sp³-hybridized carbons (Fsp3) is 0.280. The van der Waals surface area contributed by atoms with Gasteiger partial charge in [-0.25, -0.2) is 0 Å². The summed E-state index contributed by atoms with van der Waals surface area (Å²) >= 11 is 7.71. The lowest BCUT2D eigenvalue weighted by atomic mass is 10.1. The summed E-state index contributed by atoms with van der Waals surface area (Å²) in [5.74, 6) is 0.868. The van der Waals surface area contributed by atoms with Gasteiger partial charge in [-0.3, -0.25) is 10.1 Å². The van der Waals surface area contributed by atoms with Crippen molar-refractivity contribution in [1.29, 1.82) is 5.26 Å². The lowest BCUT2D eigenvalue weighted by Crippen LogP contribution is -2.13. The monoisotopic (exact) mass is 512 g/mol. The zero-order valence-corrected chi connectivity index (χ0v) is 21.0. The number of nitrogens with one attached hydrogen (secondary N) is 1. The largest absolute Gasteiger partial charge is 0.493 e. The van der Waals surface area contributed by atoms with E-state index in [1.54, 1.807) is 12.1 Å². The van der Waals surface area contributed by atoms with Crippen molar-refractivity contribution in [3.8, 4) is 23.3 Å². The van der Waals surface area contributed by atoms with E-state index in [0.29, 0.717) is 28.8 Å². The van der Waals surface area contributed by atoms with Crippen molar-refractivity contribution >= 4 is 40.1 Å². The van der Waals surface area contributed by atoms with Crippen molar-refractivity contribution in [3.05, 3.63) is 63.6 Å². The topological polar surface area (TPSA) is 106 Å². The summed E-state index contributed by atoms with van der Waals surface area (Å²) in [6.07, 6.45) is 4.26. The maximum Gasteiger partial charge on any atom is 0.268 e. The number of anilines is 1. The lowest BCUT2D eigenvalue weighted by molar-refractivity contribution is -0.112. The number of carbonyl (C=O) groups excluding carboxylic acids is 1. The molecule has 182 valence electrons. The van der Waals surface area contributed by atoms with Gasteiger partial charge in [0.1, 0.15) is 35.6 Å². The number of hydrogen-bond donors (Lipinski definition) is 1. The normalized spacial score (nSPS) is 11.0. The number of para-hydroxylation sites is 1. The van der Waals surface area contributed by atoms with Gasteiger partial charge in [0, 0.05) is 6.42 Å². The summed E-state index contributed by atoms with van der Waals surface area (Å²) < 4.78 is 16.8. The molecule has 10 heteroatoms. The van der Waals surface area contributed by atoms with E-state index in [0.717, 1.165) is 30.0 Å². The number of hydrogen-bond acceptors (Lipinski definition) is 8. The standard InChI is InChI=1S/C25H25ClN4O4S/c1-3-4-10-22-29-30-25(35-22)28-24(31)18(16-27)13-17-14-20(26)23(21(15-17)32-2)34-12-11-33-19-8-6-5-7-9-19/h5-9,13-15H,3-4,10-12H2,1-2H3,(H,28,30,31). The summed E-state index contributed by atoms with van der Waals surface area (Å²) in [4.78, 5) is 12.6. The van der Waals surface area contributed by atoms with Gasteiger partial charge < -0.3 is 14.2 Å². The van der Waals surface area contributed by atoms with E-state index >= 15 is 0 Å². The van der Waals surface area contributed by atoms with Gasteiger partial charge in [-0.1, -0.05) is 54.5 Å². The number of benzene rings is 2. The molecular formula is C25H25ClN4O4S. The highest BCUT2D eigenvalue weighted by Gasteiger charge is 2.16. The zero-order valence-electron chi connectivity index (χ0n) is 19.4. The van der Waals surface area contributed by atoms with Crippen LogP contribution in [0.2, 0.25) is 5.02 Å². The zero-order chi connectivity index (χ0) is 25.0. The van der Waals surface area contributed by atoms with E-state index in [4.69, 9.17) is 25.8 Å². The molecule has 0 atom stereocenters. The molecule has 0 bridgehead atoms. The van der Waals surface area contributed by atoms with Crippen molar-refractivity contribution in [2.45, 2.75) is 26.2 Å². The number of methoxy groups -OCH3 is 1. The Morgan fingerprint density at radius 2 is 1.97 bits per heavy atom. The third-order valence-corrected chi connectivity index (χ3v) is 5.88. The number of carbonyl (C=O) groups is 1. The molecule has 8 nitrogen and oxygen atoms in total.